The molecule has 0 unspecified atom stereocenters. The Kier molecular flexibility index (Phi) is 4.63. The lowest BCUT2D eigenvalue weighted by molar-refractivity contribution is -0.113. The highest BCUT2D eigenvalue weighted by Gasteiger charge is 2.34. The molecule has 22 heavy (non-hydrogen) atoms. The molecule has 7 heteroatoms. The number of thioether (sulfide) groups is 1. The number of halogens is 2. The van der Waals surface area contributed by atoms with E-state index in [2.05, 4.69) is 20.9 Å². The standard InChI is InChI=1S/C15H8BrClN2OS2/c16-10-3-1-9(2-4-10)7-12-14(20)19(15(21)22-12)13-6-5-11(17)8-18-13/h1-8H/b12-7-. The van der Waals surface area contributed by atoms with Crippen LogP contribution in [0.5, 0.6) is 0 Å². The van der Waals surface area contributed by atoms with E-state index >= 15 is 0 Å². The van der Waals surface area contributed by atoms with Gasteiger partial charge in [0.25, 0.3) is 5.91 Å². The first-order valence-corrected chi connectivity index (χ1v) is 8.59. The van der Waals surface area contributed by atoms with E-state index in [4.69, 9.17) is 23.8 Å². The molecule has 0 radical (unpaired) electrons. The Labute approximate surface area is 150 Å². The monoisotopic (exact) mass is 410 g/mol. The number of carbonyl (C=O) groups excluding carboxylic acids is 1. The summed E-state index contributed by atoms with van der Waals surface area (Å²) in [4.78, 5) is 18.7. The summed E-state index contributed by atoms with van der Waals surface area (Å²) in [5.41, 5.74) is 0.938. The summed E-state index contributed by atoms with van der Waals surface area (Å²) in [6.45, 7) is 0. The number of rotatable bonds is 2. The van der Waals surface area contributed by atoms with Crippen molar-refractivity contribution in [3.63, 3.8) is 0 Å². The highest BCUT2D eigenvalue weighted by atomic mass is 79.9. The molecule has 2 aromatic rings. The van der Waals surface area contributed by atoms with E-state index in [1.807, 2.05) is 30.3 Å². The molecule has 1 saturated heterocycles. The van der Waals surface area contributed by atoms with Gasteiger partial charge in [0.05, 0.1) is 9.93 Å². The predicted octanol–water partition coefficient (Wildman–Crippen LogP) is 4.90. The third-order valence-corrected chi connectivity index (χ3v) is 4.96. The van der Waals surface area contributed by atoms with Crippen molar-refractivity contribution >= 4 is 73.6 Å². The van der Waals surface area contributed by atoms with Crippen molar-refractivity contribution in [1.82, 2.24) is 4.98 Å². The van der Waals surface area contributed by atoms with Gasteiger partial charge in [-0.05, 0) is 35.9 Å². The summed E-state index contributed by atoms with van der Waals surface area (Å²) in [6.07, 6.45) is 3.32. The first-order chi connectivity index (χ1) is 10.5. The summed E-state index contributed by atoms with van der Waals surface area (Å²) in [5.74, 6) is 0.304. The third kappa shape index (κ3) is 3.25. The minimum Gasteiger partial charge on any atom is -0.268 e. The number of carbonyl (C=O) groups is 1. The number of aromatic nitrogens is 1. The number of thiocarbonyl (C=S) groups is 1. The van der Waals surface area contributed by atoms with Gasteiger partial charge in [0.15, 0.2) is 4.32 Å². The number of amides is 1. The van der Waals surface area contributed by atoms with Crippen LogP contribution in [0.2, 0.25) is 5.02 Å². The molecule has 2 heterocycles. The second-order valence-electron chi connectivity index (χ2n) is 4.40. The number of hydrogen-bond acceptors (Lipinski definition) is 4. The molecule has 3 nitrogen and oxygen atoms in total. The maximum Gasteiger partial charge on any atom is 0.271 e. The predicted molar refractivity (Wildman–Crippen MR) is 99.0 cm³/mol. The Morgan fingerprint density at radius 1 is 1.23 bits per heavy atom. The number of pyridine rings is 1. The van der Waals surface area contributed by atoms with Crippen LogP contribution in [-0.4, -0.2) is 15.2 Å². The topological polar surface area (TPSA) is 33.2 Å². The lowest BCUT2D eigenvalue weighted by Crippen LogP contribution is -2.28. The molecule has 1 aliphatic heterocycles. The Hall–Kier alpha value is -1.21. The van der Waals surface area contributed by atoms with E-state index in [-0.39, 0.29) is 5.91 Å². The minimum atomic E-state index is -0.173. The van der Waals surface area contributed by atoms with Crippen LogP contribution in [0.4, 0.5) is 5.82 Å². The Bertz CT molecular complexity index is 775. The quantitative estimate of drug-likeness (QED) is 0.520. The molecule has 0 bridgehead atoms. The molecule has 0 saturated carbocycles. The minimum absolute atomic E-state index is 0.173. The molecule has 1 amide bonds. The van der Waals surface area contributed by atoms with Crippen LogP contribution in [0.25, 0.3) is 6.08 Å². The summed E-state index contributed by atoms with van der Waals surface area (Å²) < 4.78 is 1.45. The van der Waals surface area contributed by atoms with E-state index in [1.54, 1.807) is 12.1 Å². The SMILES string of the molecule is O=C1/C(=C/c2ccc(Br)cc2)SC(=S)N1c1ccc(Cl)cn1. The zero-order valence-electron chi connectivity index (χ0n) is 11.0. The van der Waals surface area contributed by atoms with Gasteiger partial charge in [-0.2, -0.15) is 0 Å². The number of anilines is 1. The maximum atomic E-state index is 12.5. The average molecular weight is 412 g/mol. The van der Waals surface area contributed by atoms with Crippen molar-refractivity contribution in [3.8, 4) is 0 Å². The van der Waals surface area contributed by atoms with Gasteiger partial charge < -0.3 is 0 Å². The van der Waals surface area contributed by atoms with Crippen molar-refractivity contribution in [2.75, 3.05) is 4.90 Å². The molecule has 0 spiro atoms. The van der Waals surface area contributed by atoms with Crippen molar-refractivity contribution in [1.29, 1.82) is 0 Å². The van der Waals surface area contributed by atoms with Crippen LogP contribution in [0.3, 0.4) is 0 Å². The van der Waals surface area contributed by atoms with Gasteiger partial charge >= 0.3 is 0 Å². The zero-order chi connectivity index (χ0) is 15.7. The van der Waals surface area contributed by atoms with Gasteiger partial charge in [-0.15, -0.1) is 0 Å². The van der Waals surface area contributed by atoms with E-state index in [9.17, 15) is 4.79 Å². The van der Waals surface area contributed by atoms with Crippen LogP contribution >= 0.6 is 51.5 Å². The van der Waals surface area contributed by atoms with Gasteiger partial charge in [0.1, 0.15) is 5.82 Å². The summed E-state index contributed by atoms with van der Waals surface area (Å²) >= 11 is 15.8. The molecule has 0 N–H and O–H groups in total. The van der Waals surface area contributed by atoms with Crippen LogP contribution in [0, 0.1) is 0 Å². The molecule has 1 fully saturated rings. The van der Waals surface area contributed by atoms with Crippen LogP contribution in [-0.2, 0) is 4.79 Å². The van der Waals surface area contributed by atoms with Crippen LogP contribution in [0.1, 0.15) is 5.56 Å². The molecule has 1 aromatic carbocycles. The van der Waals surface area contributed by atoms with E-state index < -0.39 is 0 Å². The van der Waals surface area contributed by atoms with Gasteiger partial charge in [-0.25, -0.2) is 9.88 Å². The van der Waals surface area contributed by atoms with Crippen molar-refractivity contribution in [3.05, 3.63) is 62.6 Å². The smallest absolute Gasteiger partial charge is 0.268 e. The molecule has 0 aliphatic carbocycles. The van der Waals surface area contributed by atoms with E-state index in [0.717, 1.165) is 10.0 Å². The van der Waals surface area contributed by atoms with E-state index in [1.165, 1.54) is 22.9 Å². The fourth-order valence-corrected chi connectivity index (χ4v) is 3.53. The Morgan fingerprint density at radius 2 is 1.95 bits per heavy atom. The average Bonchev–Trinajstić information content (AvgIpc) is 2.77. The number of nitrogens with zero attached hydrogens (tertiary/aromatic N) is 2. The lowest BCUT2D eigenvalue weighted by Gasteiger charge is -2.12. The van der Waals surface area contributed by atoms with Crippen molar-refractivity contribution < 1.29 is 4.79 Å². The van der Waals surface area contributed by atoms with Gasteiger partial charge in [0.2, 0.25) is 0 Å². The third-order valence-electron chi connectivity index (χ3n) is 2.90. The second-order valence-corrected chi connectivity index (χ2v) is 7.43. The highest BCUT2D eigenvalue weighted by Crippen LogP contribution is 2.35. The fourth-order valence-electron chi connectivity index (χ4n) is 1.88. The van der Waals surface area contributed by atoms with Gasteiger partial charge in [-0.1, -0.05) is 63.6 Å². The molecule has 110 valence electrons. The number of benzene rings is 1. The molecule has 3 rings (SSSR count). The van der Waals surface area contributed by atoms with Gasteiger partial charge in [-0.3, -0.25) is 4.79 Å². The number of hydrogen-bond donors (Lipinski definition) is 0. The van der Waals surface area contributed by atoms with Gasteiger partial charge in [0, 0.05) is 10.7 Å². The normalized spacial score (nSPS) is 16.6. The van der Waals surface area contributed by atoms with Crippen LogP contribution in [0.15, 0.2) is 52.0 Å². The largest absolute Gasteiger partial charge is 0.271 e. The van der Waals surface area contributed by atoms with Crippen molar-refractivity contribution in [2.24, 2.45) is 0 Å². The highest BCUT2D eigenvalue weighted by molar-refractivity contribution is 9.10. The molecule has 1 aromatic heterocycles. The summed E-state index contributed by atoms with van der Waals surface area (Å²) in [5, 5.41) is 0.514. The fraction of sp³-hybridized carbons (Fsp3) is 0. The lowest BCUT2D eigenvalue weighted by atomic mass is 10.2. The summed E-state index contributed by atoms with van der Waals surface area (Å²) in [6, 6.07) is 11.1. The molecule has 1 aliphatic rings. The maximum absolute atomic E-state index is 12.5. The molecular weight excluding hydrogens is 404 g/mol. The Morgan fingerprint density at radius 3 is 2.59 bits per heavy atom. The molecular formula is C15H8BrClN2OS2. The first kappa shape index (κ1) is 15.7. The van der Waals surface area contributed by atoms with E-state index in [0.29, 0.717) is 20.1 Å². The van der Waals surface area contributed by atoms with Crippen molar-refractivity contribution in [2.45, 2.75) is 0 Å². The summed E-state index contributed by atoms with van der Waals surface area (Å²) in [7, 11) is 0. The second kappa shape index (κ2) is 6.50. The first-order valence-electron chi connectivity index (χ1n) is 6.20. The Balaban J connectivity index is 1.91. The van der Waals surface area contributed by atoms with Crippen LogP contribution < -0.4 is 4.90 Å². The molecule has 0 atom stereocenters. The zero-order valence-corrected chi connectivity index (χ0v) is 15.0.